The van der Waals surface area contributed by atoms with Crippen molar-refractivity contribution in [1.82, 2.24) is 10.2 Å². The van der Waals surface area contributed by atoms with E-state index in [4.69, 9.17) is 4.74 Å². The van der Waals surface area contributed by atoms with Crippen molar-refractivity contribution >= 4 is 17.3 Å². The number of rotatable bonds is 9. The summed E-state index contributed by atoms with van der Waals surface area (Å²) in [5.41, 5.74) is 0.430. The minimum absolute atomic E-state index is 0.00811. The third kappa shape index (κ3) is 6.61. The number of benzene rings is 1. The number of nitro benzene ring substituents is 1. The summed E-state index contributed by atoms with van der Waals surface area (Å²) in [6.45, 7) is 8.68. The Hall–Kier alpha value is -2.19. The number of amides is 1. The Bertz CT molecular complexity index is 609. The molecule has 0 spiro atoms. The minimum atomic E-state index is -0.439. The van der Waals surface area contributed by atoms with E-state index >= 15 is 0 Å². The molecular formula is C18H28N4O4. The van der Waals surface area contributed by atoms with E-state index in [1.807, 2.05) is 0 Å². The summed E-state index contributed by atoms with van der Waals surface area (Å²) in [7, 11) is 0. The zero-order chi connectivity index (χ0) is 18.9. The predicted molar refractivity (Wildman–Crippen MR) is 100 cm³/mol. The van der Waals surface area contributed by atoms with Gasteiger partial charge in [-0.25, -0.2) is 0 Å². The fourth-order valence-electron chi connectivity index (χ4n) is 3.00. The first-order valence-corrected chi connectivity index (χ1v) is 9.03. The average Bonchev–Trinajstić information content (AvgIpc) is 2.60. The molecule has 1 fully saturated rings. The van der Waals surface area contributed by atoms with Gasteiger partial charge in [-0.15, -0.1) is 0 Å². The fourth-order valence-corrected chi connectivity index (χ4v) is 3.00. The maximum atomic E-state index is 12.0. The van der Waals surface area contributed by atoms with Crippen LogP contribution in [0.2, 0.25) is 0 Å². The van der Waals surface area contributed by atoms with Gasteiger partial charge in [0.15, 0.2) is 0 Å². The molecule has 1 aromatic rings. The lowest BCUT2D eigenvalue weighted by molar-refractivity contribution is -0.384. The van der Waals surface area contributed by atoms with E-state index in [0.717, 1.165) is 19.6 Å². The molecule has 1 atom stereocenters. The van der Waals surface area contributed by atoms with Crippen LogP contribution in [0, 0.1) is 16.0 Å². The number of carbonyl (C=O) groups excluding carboxylic acids is 1. The zero-order valence-corrected chi connectivity index (χ0v) is 15.4. The summed E-state index contributed by atoms with van der Waals surface area (Å²) in [6, 6.07) is 6.41. The number of anilines is 1. The van der Waals surface area contributed by atoms with Gasteiger partial charge in [0.1, 0.15) is 5.69 Å². The lowest BCUT2D eigenvalue weighted by Crippen LogP contribution is -2.48. The van der Waals surface area contributed by atoms with E-state index in [9.17, 15) is 14.9 Å². The van der Waals surface area contributed by atoms with Gasteiger partial charge in [-0.2, -0.15) is 0 Å². The van der Waals surface area contributed by atoms with Gasteiger partial charge in [0.2, 0.25) is 5.91 Å². The van der Waals surface area contributed by atoms with Gasteiger partial charge < -0.3 is 15.4 Å². The highest BCUT2D eigenvalue weighted by molar-refractivity contribution is 5.76. The summed E-state index contributed by atoms with van der Waals surface area (Å²) in [4.78, 5) is 24.9. The van der Waals surface area contributed by atoms with Crippen LogP contribution in [0.5, 0.6) is 0 Å². The molecule has 1 unspecified atom stereocenters. The number of morpholine rings is 1. The summed E-state index contributed by atoms with van der Waals surface area (Å²) >= 11 is 0. The smallest absolute Gasteiger partial charge is 0.292 e. The van der Waals surface area contributed by atoms with E-state index < -0.39 is 4.92 Å². The van der Waals surface area contributed by atoms with Crippen LogP contribution in [-0.2, 0) is 9.53 Å². The minimum Gasteiger partial charge on any atom is -0.379 e. The van der Waals surface area contributed by atoms with Gasteiger partial charge in [-0.1, -0.05) is 26.0 Å². The number of para-hydroxylation sites is 2. The molecule has 26 heavy (non-hydrogen) atoms. The normalized spacial score (nSPS) is 17.9. The number of hydrogen-bond donors (Lipinski definition) is 2. The first-order chi connectivity index (χ1) is 12.5. The van der Waals surface area contributed by atoms with Crippen molar-refractivity contribution in [2.24, 2.45) is 5.92 Å². The highest BCUT2D eigenvalue weighted by Gasteiger charge is 2.21. The van der Waals surface area contributed by atoms with E-state index in [1.165, 1.54) is 6.07 Å². The van der Waals surface area contributed by atoms with Crippen molar-refractivity contribution in [3.8, 4) is 0 Å². The number of nitro groups is 1. The third-order valence-corrected chi connectivity index (χ3v) is 4.14. The van der Waals surface area contributed by atoms with Crippen LogP contribution in [0.4, 0.5) is 11.4 Å². The number of carbonyl (C=O) groups is 1. The highest BCUT2D eigenvalue weighted by Crippen LogP contribution is 2.22. The van der Waals surface area contributed by atoms with Crippen molar-refractivity contribution in [2.45, 2.75) is 26.4 Å². The Balaban J connectivity index is 1.69. The number of nitrogens with zero attached hydrogens (tertiary/aromatic N) is 2. The van der Waals surface area contributed by atoms with E-state index in [1.54, 1.807) is 18.2 Å². The Labute approximate surface area is 154 Å². The first-order valence-electron chi connectivity index (χ1n) is 9.03. The maximum absolute atomic E-state index is 12.0. The standard InChI is InChI=1S/C18H28N4O4/c1-14(2)12-21-9-10-26-15(13-21)11-20-18(23)7-8-19-16-5-3-4-6-17(16)22(24)25/h3-6,14-15,19H,7-13H2,1-2H3,(H,20,23). The molecule has 0 aromatic heterocycles. The molecule has 1 aromatic carbocycles. The number of nitrogens with one attached hydrogen (secondary N) is 2. The summed E-state index contributed by atoms with van der Waals surface area (Å²) in [6.07, 6.45) is 0.253. The molecule has 0 radical (unpaired) electrons. The van der Waals surface area contributed by atoms with E-state index in [-0.39, 0.29) is 24.1 Å². The zero-order valence-electron chi connectivity index (χ0n) is 15.4. The molecule has 2 rings (SSSR count). The molecular weight excluding hydrogens is 336 g/mol. The van der Waals surface area contributed by atoms with Gasteiger partial charge >= 0.3 is 0 Å². The van der Waals surface area contributed by atoms with Crippen molar-refractivity contribution in [3.05, 3.63) is 34.4 Å². The topological polar surface area (TPSA) is 96.7 Å². The Morgan fingerprint density at radius 1 is 1.42 bits per heavy atom. The Morgan fingerprint density at radius 2 is 2.19 bits per heavy atom. The van der Waals surface area contributed by atoms with Crippen molar-refractivity contribution in [2.75, 3.05) is 44.6 Å². The van der Waals surface area contributed by atoms with Crippen LogP contribution in [0.25, 0.3) is 0 Å². The molecule has 8 heteroatoms. The molecule has 1 aliphatic heterocycles. The van der Waals surface area contributed by atoms with Crippen LogP contribution < -0.4 is 10.6 Å². The van der Waals surface area contributed by atoms with Gasteiger partial charge in [-0.3, -0.25) is 19.8 Å². The van der Waals surface area contributed by atoms with E-state index in [0.29, 0.717) is 31.3 Å². The van der Waals surface area contributed by atoms with Gasteiger partial charge in [0.05, 0.1) is 17.6 Å². The van der Waals surface area contributed by atoms with Crippen molar-refractivity contribution < 1.29 is 14.5 Å². The van der Waals surface area contributed by atoms with E-state index in [2.05, 4.69) is 29.4 Å². The molecule has 1 aliphatic rings. The SMILES string of the molecule is CC(C)CN1CCOC(CNC(=O)CCNc2ccccc2[N+](=O)[O-])C1. The molecule has 144 valence electrons. The second-order valence-corrected chi connectivity index (χ2v) is 6.90. The van der Waals surface area contributed by atoms with Crippen LogP contribution in [-0.4, -0.2) is 61.2 Å². The Kier molecular flexibility index (Phi) is 7.80. The van der Waals surface area contributed by atoms with Crippen LogP contribution in [0.1, 0.15) is 20.3 Å². The van der Waals surface area contributed by atoms with Gasteiger partial charge in [-0.05, 0) is 12.0 Å². The average molecular weight is 364 g/mol. The molecule has 0 saturated carbocycles. The molecule has 1 heterocycles. The van der Waals surface area contributed by atoms with Gasteiger partial charge in [0, 0.05) is 45.2 Å². The second kappa shape index (κ2) is 10.1. The first kappa shape index (κ1) is 20.1. The highest BCUT2D eigenvalue weighted by atomic mass is 16.6. The predicted octanol–water partition coefficient (Wildman–Crippen LogP) is 1.87. The van der Waals surface area contributed by atoms with Crippen molar-refractivity contribution in [3.63, 3.8) is 0 Å². The molecule has 1 saturated heterocycles. The summed E-state index contributed by atoms with van der Waals surface area (Å²) < 4.78 is 5.71. The lowest BCUT2D eigenvalue weighted by atomic mass is 10.2. The summed E-state index contributed by atoms with van der Waals surface area (Å²) in [5, 5.41) is 16.8. The third-order valence-electron chi connectivity index (χ3n) is 4.14. The second-order valence-electron chi connectivity index (χ2n) is 6.90. The molecule has 0 aliphatic carbocycles. The molecule has 1 amide bonds. The van der Waals surface area contributed by atoms with Crippen LogP contribution in [0.15, 0.2) is 24.3 Å². The molecule has 2 N–H and O–H groups in total. The molecule has 8 nitrogen and oxygen atoms in total. The Morgan fingerprint density at radius 3 is 2.92 bits per heavy atom. The van der Waals surface area contributed by atoms with Crippen LogP contribution >= 0.6 is 0 Å². The largest absolute Gasteiger partial charge is 0.379 e. The maximum Gasteiger partial charge on any atom is 0.292 e. The van der Waals surface area contributed by atoms with Crippen LogP contribution in [0.3, 0.4) is 0 Å². The number of hydrogen-bond acceptors (Lipinski definition) is 6. The quantitative estimate of drug-likeness (QED) is 0.513. The fraction of sp³-hybridized carbons (Fsp3) is 0.611. The molecule has 0 bridgehead atoms. The summed E-state index contributed by atoms with van der Waals surface area (Å²) in [5.74, 6) is 0.511. The monoisotopic (exact) mass is 364 g/mol. The van der Waals surface area contributed by atoms with Crippen molar-refractivity contribution in [1.29, 1.82) is 0 Å². The van der Waals surface area contributed by atoms with Gasteiger partial charge in [0.25, 0.3) is 5.69 Å². The lowest BCUT2D eigenvalue weighted by Gasteiger charge is -2.33. The number of ether oxygens (including phenoxy) is 1.